The van der Waals surface area contributed by atoms with Crippen molar-refractivity contribution in [2.75, 3.05) is 0 Å². The molecule has 1 saturated carbocycles. The Morgan fingerprint density at radius 3 is 2.93 bits per heavy atom. The molecule has 15 heavy (non-hydrogen) atoms. The summed E-state index contributed by atoms with van der Waals surface area (Å²) >= 11 is 1.79. The highest BCUT2D eigenvalue weighted by molar-refractivity contribution is 7.09. The van der Waals surface area contributed by atoms with Crippen molar-refractivity contribution in [2.45, 2.75) is 57.4 Å². The summed E-state index contributed by atoms with van der Waals surface area (Å²) in [5.41, 5.74) is 7.61. The van der Waals surface area contributed by atoms with E-state index in [9.17, 15) is 0 Å². The van der Waals surface area contributed by atoms with Gasteiger partial charge in [-0.2, -0.15) is 0 Å². The molecule has 1 heterocycles. The van der Waals surface area contributed by atoms with Gasteiger partial charge in [-0.3, -0.25) is 0 Å². The van der Waals surface area contributed by atoms with Crippen LogP contribution in [0, 0.1) is 0 Å². The molecule has 0 bridgehead atoms. The summed E-state index contributed by atoms with van der Waals surface area (Å²) in [6, 6.07) is 0.150. The van der Waals surface area contributed by atoms with Crippen LogP contribution in [-0.4, -0.2) is 4.98 Å². The first-order valence-corrected chi connectivity index (χ1v) is 6.75. The van der Waals surface area contributed by atoms with Crippen molar-refractivity contribution >= 4 is 11.3 Å². The highest BCUT2D eigenvalue weighted by atomic mass is 32.1. The zero-order chi connectivity index (χ0) is 10.9. The fourth-order valence-corrected chi connectivity index (χ4v) is 2.81. The summed E-state index contributed by atoms with van der Waals surface area (Å²) in [4.78, 5) is 4.69. The van der Waals surface area contributed by atoms with E-state index in [1.807, 2.05) is 0 Å². The van der Waals surface area contributed by atoms with Crippen LogP contribution in [0.25, 0.3) is 0 Å². The third-order valence-corrected chi connectivity index (χ3v) is 4.45. The van der Waals surface area contributed by atoms with E-state index in [2.05, 4.69) is 19.2 Å². The molecule has 2 nitrogen and oxygen atoms in total. The number of aromatic nitrogens is 1. The summed E-state index contributed by atoms with van der Waals surface area (Å²) in [6.07, 6.45) is 6.07. The van der Waals surface area contributed by atoms with Crippen molar-refractivity contribution in [3.8, 4) is 0 Å². The fraction of sp³-hybridized carbons (Fsp3) is 0.750. The van der Waals surface area contributed by atoms with E-state index < -0.39 is 0 Å². The fourth-order valence-electron chi connectivity index (χ4n) is 1.71. The first-order chi connectivity index (χ1) is 7.15. The molecule has 0 aliphatic heterocycles. The molecule has 0 radical (unpaired) electrons. The van der Waals surface area contributed by atoms with Crippen LogP contribution in [0.4, 0.5) is 0 Å². The second kappa shape index (κ2) is 4.22. The SMILES string of the molecule is CCCCC(N)c1csc(C2(C)CC2)n1. The molecule has 2 N–H and O–H groups in total. The Kier molecular flexibility index (Phi) is 3.12. The predicted molar refractivity (Wildman–Crippen MR) is 65.2 cm³/mol. The highest BCUT2D eigenvalue weighted by Crippen LogP contribution is 2.48. The van der Waals surface area contributed by atoms with Crippen molar-refractivity contribution in [3.05, 3.63) is 16.1 Å². The molecule has 0 aromatic carbocycles. The molecule has 1 aliphatic rings. The lowest BCUT2D eigenvalue weighted by atomic mass is 10.1. The van der Waals surface area contributed by atoms with Crippen LogP contribution < -0.4 is 5.73 Å². The molecule has 84 valence electrons. The van der Waals surface area contributed by atoms with E-state index >= 15 is 0 Å². The molecule has 2 rings (SSSR count). The van der Waals surface area contributed by atoms with Gasteiger partial charge in [-0.05, 0) is 19.3 Å². The van der Waals surface area contributed by atoms with Crippen molar-refractivity contribution < 1.29 is 0 Å². The molecule has 1 unspecified atom stereocenters. The Bertz CT molecular complexity index is 328. The maximum atomic E-state index is 6.10. The molecule has 1 aliphatic carbocycles. The Balaban J connectivity index is 2.00. The van der Waals surface area contributed by atoms with Crippen LogP contribution in [0.3, 0.4) is 0 Å². The number of thiazole rings is 1. The topological polar surface area (TPSA) is 38.9 Å². The molecular formula is C12H20N2S. The van der Waals surface area contributed by atoms with Crippen LogP contribution in [0.15, 0.2) is 5.38 Å². The van der Waals surface area contributed by atoms with Gasteiger partial charge in [-0.15, -0.1) is 11.3 Å². The number of rotatable bonds is 5. The largest absolute Gasteiger partial charge is 0.323 e. The molecule has 0 saturated heterocycles. The smallest absolute Gasteiger partial charge is 0.0988 e. The normalized spacial score (nSPS) is 20.2. The number of nitrogens with zero attached hydrogens (tertiary/aromatic N) is 1. The first kappa shape index (κ1) is 11.1. The third kappa shape index (κ3) is 2.40. The first-order valence-electron chi connectivity index (χ1n) is 5.87. The van der Waals surface area contributed by atoms with Gasteiger partial charge in [0.05, 0.1) is 10.7 Å². The van der Waals surface area contributed by atoms with Gasteiger partial charge in [0.25, 0.3) is 0 Å². The minimum atomic E-state index is 0.150. The van der Waals surface area contributed by atoms with E-state index in [-0.39, 0.29) is 6.04 Å². The van der Waals surface area contributed by atoms with Crippen molar-refractivity contribution in [3.63, 3.8) is 0 Å². The highest BCUT2D eigenvalue weighted by Gasteiger charge is 2.41. The maximum absolute atomic E-state index is 6.10. The lowest BCUT2D eigenvalue weighted by molar-refractivity contribution is 0.589. The zero-order valence-corrected chi connectivity index (χ0v) is 10.4. The van der Waals surface area contributed by atoms with Gasteiger partial charge in [0.15, 0.2) is 0 Å². The Labute approximate surface area is 95.9 Å². The molecule has 0 spiro atoms. The Morgan fingerprint density at radius 1 is 1.60 bits per heavy atom. The Hall–Kier alpha value is -0.410. The summed E-state index contributed by atoms with van der Waals surface area (Å²) in [6.45, 7) is 4.50. The number of unbranched alkanes of at least 4 members (excludes halogenated alkanes) is 1. The van der Waals surface area contributed by atoms with Gasteiger partial charge in [0.2, 0.25) is 0 Å². The van der Waals surface area contributed by atoms with Gasteiger partial charge in [-0.25, -0.2) is 4.98 Å². The molecular weight excluding hydrogens is 204 g/mol. The van der Waals surface area contributed by atoms with Crippen LogP contribution in [-0.2, 0) is 5.41 Å². The lowest BCUT2D eigenvalue weighted by Gasteiger charge is -2.07. The molecule has 1 aromatic rings. The van der Waals surface area contributed by atoms with Crippen LogP contribution in [0.1, 0.15) is 62.7 Å². The molecule has 1 aromatic heterocycles. The van der Waals surface area contributed by atoms with Crippen molar-refractivity contribution in [1.29, 1.82) is 0 Å². The number of hydrogen-bond acceptors (Lipinski definition) is 3. The molecule has 0 amide bonds. The predicted octanol–water partition coefficient (Wildman–Crippen LogP) is 3.38. The molecule has 1 atom stereocenters. The van der Waals surface area contributed by atoms with E-state index in [4.69, 9.17) is 10.7 Å². The van der Waals surface area contributed by atoms with Crippen LogP contribution in [0.5, 0.6) is 0 Å². The molecule has 3 heteroatoms. The number of nitrogens with two attached hydrogens (primary N) is 1. The van der Waals surface area contributed by atoms with E-state index in [1.54, 1.807) is 11.3 Å². The second-order valence-corrected chi connectivity index (χ2v) is 5.75. The second-order valence-electron chi connectivity index (χ2n) is 4.89. The average molecular weight is 224 g/mol. The van der Waals surface area contributed by atoms with Crippen LogP contribution >= 0.6 is 11.3 Å². The maximum Gasteiger partial charge on any atom is 0.0988 e. The quantitative estimate of drug-likeness (QED) is 0.832. The van der Waals surface area contributed by atoms with E-state index in [1.165, 1.54) is 30.7 Å². The minimum absolute atomic E-state index is 0.150. The van der Waals surface area contributed by atoms with Gasteiger partial charge in [-0.1, -0.05) is 26.7 Å². The molecule has 1 fully saturated rings. The average Bonchev–Trinajstić information content (AvgIpc) is 2.82. The standard InChI is InChI=1S/C12H20N2S/c1-3-4-5-9(13)10-8-15-11(14-10)12(2)6-7-12/h8-9H,3-7,13H2,1-2H3. The lowest BCUT2D eigenvalue weighted by Crippen LogP contribution is -2.11. The van der Waals surface area contributed by atoms with Crippen LogP contribution in [0.2, 0.25) is 0 Å². The van der Waals surface area contributed by atoms with Gasteiger partial charge in [0, 0.05) is 16.8 Å². The van der Waals surface area contributed by atoms with Gasteiger partial charge < -0.3 is 5.73 Å². The third-order valence-electron chi connectivity index (χ3n) is 3.29. The monoisotopic (exact) mass is 224 g/mol. The van der Waals surface area contributed by atoms with Crippen molar-refractivity contribution in [1.82, 2.24) is 4.98 Å². The van der Waals surface area contributed by atoms with E-state index in [0.717, 1.165) is 12.1 Å². The van der Waals surface area contributed by atoms with Gasteiger partial charge in [0.1, 0.15) is 0 Å². The zero-order valence-electron chi connectivity index (χ0n) is 9.62. The summed E-state index contributed by atoms with van der Waals surface area (Å²) < 4.78 is 0. The van der Waals surface area contributed by atoms with E-state index in [0.29, 0.717) is 5.41 Å². The van der Waals surface area contributed by atoms with Gasteiger partial charge >= 0.3 is 0 Å². The van der Waals surface area contributed by atoms with Crippen molar-refractivity contribution in [2.24, 2.45) is 5.73 Å². The summed E-state index contributed by atoms with van der Waals surface area (Å²) in [5.74, 6) is 0. The summed E-state index contributed by atoms with van der Waals surface area (Å²) in [7, 11) is 0. The minimum Gasteiger partial charge on any atom is -0.323 e. The number of hydrogen-bond donors (Lipinski definition) is 1. The summed E-state index contributed by atoms with van der Waals surface area (Å²) in [5, 5.41) is 3.45. The Morgan fingerprint density at radius 2 is 2.33 bits per heavy atom.